The zero-order valence-electron chi connectivity index (χ0n) is 28.0. The molecule has 0 N–H and O–H groups in total. The minimum atomic E-state index is -0.522. The van der Waals surface area contributed by atoms with Crippen molar-refractivity contribution in [3.8, 4) is 62.2 Å². The quantitative estimate of drug-likeness (QED) is 0.186. The number of aromatic nitrogens is 2. The highest BCUT2D eigenvalue weighted by Crippen LogP contribution is 2.63. The Morgan fingerprint density at radius 1 is 0.442 bits per heavy atom. The fourth-order valence-corrected chi connectivity index (χ4v) is 9.34. The first-order valence-corrected chi connectivity index (χ1v) is 18.2. The minimum absolute atomic E-state index is 0.522. The van der Waals surface area contributed by atoms with Crippen LogP contribution in [-0.4, -0.2) is 9.97 Å². The van der Waals surface area contributed by atoms with Gasteiger partial charge in [-0.05, 0) is 80.9 Å². The fraction of sp³-hybridized carbons (Fsp3) is 0.0208. The molecule has 3 nitrogen and oxygen atoms in total. The second kappa shape index (κ2) is 12.1. The van der Waals surface area contributed by atoms with Crippen molar-refractivity contribution < 1.29 is 0 Å². The summed E-state index contributed by atoms with van der Waals surface area (Å²) in [7, 11) is 0. The number of fused-ring (bicyclic) bond motifs is 9. The van der Waals surface area contributed by atoms with Gasteiger partial charge in [0.25, 0.3) is 0 Å². The summed E-state index contributed by atoms with van der Waals surface area (Å²) >= 11 is 1.85. The van der Waals surface area contributed by atoms with E-state index in [2.05, 4.69) is 133 Å². The van der Waals surface area contributed by atoms with E-state index < -0.39 is 5.41 Å². The standard InChI is InChI=1S/C48H29N3S/c49-30-31-22-24-32(25-23-31)36-16-11-19-41-46(36)37-28-35(47-50-42(33-12-3-1-4-13-33)29-43(51-47)34-14-5-2-6-15-34)26-27-38(37)48(41)39-17-7-9-20-44(39)52-45-21-10-8-18-40(45)48/h1-29H. The van der Waals surface area contributed by atoms with E-state index in [1.807, 2.05) is 60.3 Å². The van der Waals surface area contributed by atoms with Gasteiger partial charge >= 0.3 is 0 Å². The maximum absolute atomic E-state index is 9.60. The van der Waals surface area contributed by atoms with Crippen molar-refractivity contribution in [3.63, 3.8) is 0 Å². The van der Waals surface area contributed by atoms with E-state index in [4.69, 9.17) is 9.97 Å². The van der Waals surface area contributed by atoms with E-state index in [1.54, 1.807) is 0 Å². The Hall–Kier alpha value is -6.54. The third kappa shape index (κ3) is 4.60. The molecule has 7 aromatic carbocycles. The van der Waals surface area contributed by atoms with Crippen molar-refractivity contribution in [3.05, 3.63) is 204 Å². The molecule has 8 aromatic rings. The molecule has 0 unspecified atom stereocenters. The third-order valence-electron chi connectivity index (χ3n) is 10.4. The van der Waals surface area contributed by atoms with E-state index >= 15 is 0 Å². The summed E-state index contributed by atoms with van der Waals surface area (Å²) in [5.74, 6) is 0.682. The molecule has 0 bridgehead atoms. The lowest BCUT2D eigenvalue weighted by Gasteiger charge is -2.39. The summed E-state index contributed by atoms with van der Waals surface area (Å²) in [6.07, 6.45) is 0. The maximum atomic E-state index is 9.60. The summed E-state index contributed by atoms with van der Waals surface area (Å²) in [6, 6.07) is 64.3. The van der Waals surface area contributed by atoms with Crippen molar-refractivity contribution >= 4 is 11.8 Å². The predicted octanol–water partition coefficient (Wildman–Crippen LogP) is 11.8. The van der Waals surface area contributed by atoms with Crippen LogP contribution in [0.1, 0.15) is 27.8 Å². The van der Waals surface area contributed by atoms with Gasteiger partial charge in [0.1, 0.15) is 0 Å². The Balaban J connectivity index is 1.27. The first-order valence-electron chi connectivity index (χ1n) is 17.4. The van der Waals surface area contributed by atoms with Gasteiger partial charge in [-0.1, -0.05) is 151 Å². The molecular weight excluding hydrogens is 651 g/mol. The normalized spacial score (nSPS) is 13.1. The molecule has 242 valence electrons. The average Bonchev–Trinajstić information content (AvgIpc) is 3.51. The number of benzene rings is 7. The average molecular weight is 680 g/mol. The highest BCUT2D eigenvalue weighted by molar-refractivity contribution is 7.99. The van der Waals surface area contributed by atoms with Gasteiger partial charge in [0.05, 0.1) is 28.4 Å². The Kier molecular flexibility index (Phi) is 7.02. The summed E-state index contributed by atoms with van der Waals surface area (Å²) in [6.45, 7) is 0. The molecule has 0 saturated carbocycles. The zero-order chi connectivity index (χ0) is 34.6. The molecule has 4 heteroatoms. The van der Waals surface area contributed by atoms with Crippen LogP contribution in [-0.2, 0) is 5.41 Å². The second-order valence-electron chi connectivity index (χ2n) is 13.2. The number of rotatable bonds is 4. The molecular formula is C48H29N3S. The van der Waals surface area contributed by atoms with Crippen molar-refractivity contribution in [1.82, 2.24) is 9.97 Å². The van der Waals surface area contributed by atoms with Crippen molar-refractivity contribution in [1.29, 1.82) is 5.26 Å². The molecule has 0 amide bonds. The molecule has 52 heavy (non-hydrogen) atoms. The van der Waals surface area contributed by atoms with Crippen LogP contribution in [0.15, 0.2) is 186 Å². The summed E-state index contributed by atoms with van der Waals surface area (Å²) < 4.78 is 0. The maximum Gasteiger partial charge on any atom is 0.160 e. The Morgan fingerprint density at radius 3 is 1.62 bits per heavy atom. The van der Waals surface area contributed by atoms with Crippen LogP contribution in [0, 0.1) is 11.3 Å². The Bertz CT molecular complexity index is 2610. The highest BCUT2D eigenvalue weighted by Gasteiger charge is 2.50. The number of hydrogen-bond acceptors (Lipinski definition) is 4. The van der Waals surface area contributed by atoms with Crippen molar-refractivity contribution in [2.75, 3.05) is 0 Å². The molecule has 0 fully saturated rings. The second-order valence-corrected chi connectivity index (χ2v) is 14.3. The molecule has 1 aliphatic carbocycles. The molecule has 2 heterocycles. The minimum Gasteiger partial charge on any atom is -0.228 e. The summed E-state index contributed by atoms with van der Waals surface area (Å²) in [5, 5.41) is 9.60. The lowest BCUT2D eigenvalue weighted by Crippen LogP contribution is -2.31. The topological polar surface area (TPSA) is 49.6 Å². The van der Waals surface area contributed by atoms with Crippen LogP contribution in [0.4, 0.5) is 0 Å². The lowest BCUT2D eigenvalue weighted by molar-refractivity contribution is 0.722. The molecule has 0 atom stereocenters. The van der Waals surface area contributed by atoms with E-state index in [9.17, 15) is 5.26 Å². The molecule has 0 radical (unpaired) electrons. The fourth-order valence-electron chi connectivity index (χ4n) is 8.15. The van der Waals surface area contributed by atoms with Gasteiger partial charge in [0.15, 0.2) is 5.82 Å². The lowest BCUT2D eigenvalue weighted by atomic mass is 9.67. The van der Waals surface area contributed by atoms with Gasteiger partial charge in [-0.3, -0.25) is 0 Å². The van der Waals surface area contributed by atoms with Gasteiger partial charge < -0.3 is 0 Å². The van der Waals surface area contributed by atoms with Gasteiger partial charge in [-0.15, -0.1) is 0 Å². The van der Waals surface area contributed by atoms with Crippen LogP contribution < -0.4 is 0 Å². The molecule has 1 aliphatic heterocycles. The zero-order valence-corrected chi connectivity index (χ0v) is 28.8. The van der Waals surface area contributed by atoms with E-state index in [1.165, 1.54) is 43.2 Å². The van der Waals surface area contributed by atoms with Crippen LogP contribution in [0.25, 0.3) is 56.2 Å². The SMILES string of the molecule is N#Cc1ccc(-c2cccc3c2-c2cc(-c4nc(-c5ccccc5)cc(-c5ccccc5)n4)ccc2C32c3ccccc3Sc3ccccc32)cc1. The smallest absolute Gasteiger partial charge is 0.160 e. The summed E-state index contributed by atoms with van der Waals surface area (Å²) in [4.78, 5) is 12.9. The van der Waals surface area contributed by atoms with Crippen molar-refractivity contribution in [2.45, 2.75) is 15.2 Å². The van der Waals surface area contributed by atoms with E-state index in [-0.39, 0.29) is 0 Å². The first kappa shape index (κ1) is 30.3. The van der Waals surface area contributed by atoms with Crippen LogP contribution in [0.3, 0.4) is 0 Å². The molecule has 10 rings (SSSR count). The van der Waals surface area contributed by atoms with Crippen molar-refractivity contribution in [2.24, 2.45) is 0 Å². The van der Waals surface area contributed by atoms with Gasteiger partial charge in [0.2, 0.25) is 0 Å². The Labute approximate surface area is 307 Å². The Morgan fingerprint density at radius 2 is 1.00 bits per heavy atom. The van der Waals surface area contributed by atoms with Gasteiger partial charge in [-0.25, -0.2) is 9.97 Å². The number of nitrogens with zero attached hydrogens (tertiary/aromatic N) is 3. The summed E-state index contributed by atoms with van der Waals surface area (Å²) in [5.41, 5.74) is 14.6. The van der Waals surface area contributed by atoms with E-state index in [0.717, 1.165) is 39.2 Å². The highest BCUT2D eigenvalue weighted by atomic mass is 32.2. The first-order chi connectivity index (χ1) is 25.7. The van der Waals surface area contributed by atoms with Gasteiger partial charge in [0, 0.05) is 26.5 Å². The number of nitriles is 1. The predicted molar refractivity (Wildman–Crippen MR) is 210 cm³/mol. The van der Waals surface area contributed by atoms with Crippen LogP contribution >= 0.6 is 11.8 Å². The third-order valence-corrected chi connectivity index (χ3v) is 11.6. The van der Waals surface area contributed by atoms with Crippen LogP contribution in [0.2, 0.25) is 0 Å². The van der Waals surface area contributed by atoms with Gasteiger partial charge in [-0.2, -0.15) is 5.26 Å². The molecule has 1 spiro atoms. The van der Waals surface area contributed by atoms with E-state index in [0.29, 0.717) is 11.4 Å². The number of hydrogen-bond donors (Lipinski definition) is 0. The molecule has 2 aliphatic rings. The molecule has 1 aromatic heterocycles. The molecule has 0 saturated heterocycles. The largest absolute Gasteiger partial charge is 0.228 e. The van der Waals surface area contributed by atoms with Crippen LogP contribution in [0.5, 0.6) is 0 Å². The monoisotopic (exact) mass is 679 g/mol.